The van der Waals surface area contributed by atoms with E-state index in [2.05, 4.69) is 57.2 Å². The summed E-state index contributed by atoms with van der Waals surface area (Å²) in [5.74, 6) is -2.10. The predicted octanol–water partition coefficient (Wildman–Crippen LogP) is 5.81. The van der Waals surface area contributed by atoms with Crippen LogP contribution in [0.25, 0.3) is 6.08 Å². The van der Waals surface area contributed by atoms with Crippen molar-refractivity contribution in [1.29, 1.82) is 0 Å². The molecule has 2 aromatic heterocycles. The molecule has 14 heteroatoms. The van der Waals surface area contributed by atoms with Gasteiger partial charge in [-0.2, -0.15) is 0 Å². The van der Waals surface area contributed by atoms with E-state index in [1.54, 1.807) is 23.7 Å². The summed E-state index contributed by atoms with van der Waals surface area (Å²) in [6.07, 6.45) is 5.05. The quantitative estimate of drug-likeness (QED) is 0.0626. The molecule has 11 nitrogen and oxygen atoms in total. The van der Waals surface area contributed by atoms with Gasteiger partial charge in [0.1, 0.15) is 40.5 Å². The molecule has 5 aromatic rings. The Bertz CT molecular complexity index is 2040. The van der Waals surface area contributed by atoms with Crippen molar-refractivity contribution in [3.8, 4) is 0 Å². The van der Waals surface area contributed by atoms with Gasteiger partial charge in [0.15, 0.2) is 10.8 Å². The normalized spacial score (nSPS) is 17.5. The fraction of sp³-hybridized carbons (Fsp3) is 0.135. The number of carbonyl (C=O) groups excluding carboxylic acids is 2. The summed E-state index contributed by atoms with van der Waals surface area (Å²) in [7, 11) is 1.32. The van der Waals surface area contributed by atoms with Crippen LogP contribution in [0.15, 0.2) is 130 Å². The van der Waals surface area contributed by atoms with Crippen molar-refractivity contribution in [2.45, 2.75) is 17.0 Å². The summed E-state index contributed by atoms with van der Waals surface area (Å²) < 4.78 is 0. The first-order valence-corrected chi connectivity index (χ1v) is 18.5. The molecule has 51 heavy (non-hydrogen) atoms. The van der Waals surface area contributed by atoms with E-state index in [1.165, 1.54) is 46.4 Å². The van der Waals surface area contributed by atoms with Gasteiger partial charge in [0.05, 0.1) is 0 Å². The number of nitrogens with zero attached hydrogens (tertiary/aromatic N) is 4. The second-order valence-corrected chi connectivity index (χ2v) is 14.3. The van der Waals surface area contributed by atoms with Gasteiger partial charge in [-0.05, 0) is 28.3 Å². The van der Waals surface area contributed by atoms with E-state index in [4.69, 9.17) is 9.82 Å². The van der Waals surface area contributed by atoms with E-state index in [1.807, 2.05) is 60.0 Å². The summed E-state index contributed by atoms with van der Waals surface area (Å²) >= 11 is 4.08. The number of aromatic nitrogens is 2. The predicted molar refractivity (Wildman–Crippen MR) is 199 cm³/mol. The number of carbonyl (C=O) groups is 3. The number of hydrogen-bond acceptors (Lipinski definition) is 11. The van der Waals surface area contributed by atoms with E-state index in [0.717, 1.165) is 21.7 Å². The number of anilines is 1. The SMILES string of the molecule is CON=C(C(=O)NC1C(=O)N2C(C(=O)O)=C(C=Cc3nccs3)CS[C@@H]12)c1csc(NC(c2ccccc2)(c2ccccc2)c2ccccc2)n1. The molecular weight excluding hydrogens is 705 g/mol. The summed E-state index contributed by atoms with van der Waals surface area (Å²) in [5, 5.41) is 24.6. The summed E-state index contributed by atoms with van der Waals surface area (Å²) in [6, 6.07) is 29.2. The molecule has 2 atom stereocenters. The average molecular weight is 735 g/mol. The Hall–Kier alpha value is -5.57. The first-order chi connectivity index (χ1) is 24.9. The first-order valence-electron chi connectivity index (χ1n) is 15.7. The van der Waals surface area contributed by atoms with Crippen LogP contribution in [0.4, 0.5) is 5.13 Å². The van der Waals surface area contributed by atoms with Crippen molar-refractivity contribution in [3.05, 3.63) is 153 Å². The van der Waals surface area contributed by atoms with Gasteiger partial charge in [0.2, 0.25) is 0 Å². The second-order valence-electron chi connectivity index (χ2n) is 11.4. The molecule has 0 spiro atoms. The number of nitrogens with one attached hydrogen (secondary N) is 2. The van der Waals surface area contributed by atoms with Crippen LogP contribution < -0.4 is 10.6 Å². The zero-order valence-corrected chi connectivity index (χ0v) is 29.5. The third kappa shape index (κ3) is 6.56. The highest BCUT2D eigenvalue weighted by atomic mass is 32.2. The van der Waals surface area contributed by atoms with Crippen LogP contribution in [-0.2, 0) is 24.8 Å². The number of β-lactam (4-membered cyclic amide) rings is 1. The zero-order chi connectivity index (χ0) is 35.4. The van der Waals surface area contributed by atoms with Crippen molar-refractivity contribution in [2.24, 2.45) is 5.16 Å². The lowest BCUT2D eigenvalue weighted by Crippen LogP contribution is -2.71. The molecule has 1 unspecified atom stereocenters. The Morgan fingerprint density at radius 3 is 2.14 bits per heavy atom. The zero-order valence-electron chi connectivity index (χ0n) is 27.0. The molecule has 1 saturated heterocycles. The number of amides is 2. The number of allylic oxidation sites excluding steroid dienone is 1. The van der Waals surface area contributed by atoms with Crippen molar-refractivity contribution in [3.63, 3.8) is 0 Å². The number of benzene rings is 3. The Morgan fingerprint density at radius 2 is 1.59 bits per heavy atom. The van der Waals surface area contributed by atoms with Crippen LogP contribution in [0, 0.1) is 0 Å². The molecule has 4 heterocycles. The summed E-state index contributed by atoms with van der Waals surface area (Å²) in [4.78, 5) is 54.7. The molecule has 2 aliphatic heterocycles. The molecule has 0 saturated carbocycles. The number of thioether (sulfide) groups is 1. The lowest BCUT2D eigenvalue weighted by Gasteiger charge is -2.49. The molecule has 0 bridgehead atoms. The second kappa shape index (κ2) is 14.7. The standard InChI is InChI=1S/C37H30N6O5S3/c1-48-42-29(32(44)40-30-33(45)43-31(35(46)47)23(21-50-34(30)43)17-18-28-38-19-20-49-28)27-22-51-36(39-27)41-37(24-11-5-2-6-12-24,25-13-7-3-8-14-25)26-15-9-4-10-16-26/h2-20,22,30,34H,21H2,1H3,(H,39,41)(H,40,44)(H,46,47)/t30?,34-/m0/s1. The molecule has 0 radical (unpaired) electrons. The molecule has 3 aromatic carbocycles. The van der Waals surface area contributed by atoms with Crippen LogP contribution in [0.5, 0.6) is 0 Å². The molecule has 7 rings (SSSR count). The van der Waals surface area contributed by atoms with Crippen molar-refractivity contribution in [2.75, 3.05) is 18.2 Å². The van der Waals surface area contributed by atoms with Crippen LogP contribution in [0.1, 0.15) is 27.4 Å². The van der Waals surface area contributed by atoms with E-state index in [-0.39, 0.29) is 17.1 Å². The lowest BCUT2D eigenvalue weighted by atomic mass is 9.77. The molecule has 2 amide bonds. The van der Waals surface area contributed by atoms with Gasteiger partial charge in [0, 0.05) is 22.7 Å². The van der Waals surface area contributed by atoms with E-state index in [0.29, 0.717) is 16.5 Å². The summed E-state index contributed by atoms with van der Waals surface area (Å²) in [5.41, 5.74) is 2.60. The van der Waals surface area contributed by atoms with Gasteiger partial charge in [-0.25, -0.2) is 14.8 Å². The third-order valence-electron chi connectivity index (χ3n) is 8.42. The minimum atomic E-state index is -1.22. The monoisotopic (exact) mass is 734 g/mol. The van der Waals surface area contributed by atoms with Crippen molar-refractivity contribution in [1.82, 2.24) is 20.2 Å². The van der Waals surface area contributed by atoms with E-state index < -0.39 is 34.7 Å². The van der Waals surface area contributed by atoms with Gasteiger partial charge < -0.3 is 20.6 Å². The minimum Gasteiger partial charge on any atom is -0.477 e. The maximum absolute atomic E-state index is 13.7. The number of thiazole rings is 2. The Kier molecular flexibility index (Phi) is 9.79. The first kappa shape index (κ1) is 33.9. The van der Waals surface area contributed by atoms with Crippen LogP contribution in [0.2, 0.25) is 0 Å². The number of fused-ring (bicyclic) bond motifs is 1. The van der Waals surface area contributed by atoms with E-state index in [9.17, 15) is 19.5 Å². The maximum atomic E-state index is 13.7. The number of carboxylic acid groups (broad SMARTS) is 1. The number of carboxylic acids is 1. The fourth-order valence-electron chi connectivity index (χ4n) is 6.15. The number of hydrogen-bond donors (Lipinski definition) is 3. The van der Waals surface area contributed by atoms with Crippen molar-refractivity contribution < 1.29 is 24.3 Å². The highest BCUT2D eigenvalue weighted by Crippen LogP contribution is 2.42. The molecule has 256 valence electrons. The van der Waals surface area contributed by atoms with Crippen LogP contribution in [0.3, 0.4) is 0 Å². The molecular formula is C37H30N6O5S3. The molecule has 1 fully saturated rings. The largest absolute Gasteiger partial charge is 0.477 e. The number of rotatable bonds is 12. The van der Waals surface area contributed by atoms with Gasteiger partial charge in [-0.3, -0.25) is 14.5 Å². The molecule has 0 aliphatic carbocycles. The third-order valence-corrected chi connectivity index (χ3v) is 11.2. The number of oxime groups is 1. The smallest absolute Gasteiger partial charge is 0.352 e. The van der Waals surface area contributed by atoms with Gasteiger partial charge in [0.25, 0.3) is 11.8 Å². The molecule has 2 aliphatic rings. The molecule has 3 N–H and O–H groups in total. The maximum Gasteiger partial charge on any atom is 0.352 e. The Balaban J connectivity index is 1.15. The highest BCUT2D eigenvalue weighted by molar-refractivity contribution is 8.00. The number of aliphatic carboxylic acids is 1. The highest BCUT2D eigenvalue weighted by Gasteiger charge is 2.54. The van der Waals surface area contributed by atoms with E-state index >= 15 is 0 Å². The average Bonchev–Trinajstić information content (AvgIpc) is 3.87. The van der Waals surface area contributed by atoms with Gasteiger partial charge in [-0.15, -0.1) is 34.4 Å². The Labute approximate surface area is 305 Å². The summed E-state index contributed by atoms with van der Waals surface area (Å²) in [6.45, 7) is 0. The topological polar surface area (TPSA) is 146 Å². The van der Waals surface area contributed by atoms with Crippen LogP contribution in [-0.4, -0.2) is 67.7 Å². The van der Waals surface area contributed by atoms with Gasteiger partial charge >= 0.3 is 5.97 Å². The van der Waals surface area contributed by atoms with Crippen molar-refractivity contribution >= 4 is 69.1 Å². The Morgan fingerprint density at radius 1 is 0.961 bits per heavy atom. The van der Waals surface area contributed by atoms with Gasteiger partial charge in [-0.1, -0.05) is 102 Å². The fourth-order valence-corrected chi connectivity index (χ4v) is 8.75. The lowest BCUT2D eigenvalue weighted by molar-refractivity contribution is -0.150. The van der Waals surface area contributed by atoms with Crippen LogP contribution >= 0.6 is 34.4 Å². The minimum absolute atomic E-state index is 0.109.